The summed E-state index contributed by atoms with van der Waals surface area (Å²) in [6.07, 6.45) is 0.740. The van der Waals surface area contributed by atoms with Crippen molar-refractivity contribution < 1.29 is 9.53 Å². The fraction of sp³-hybridized carbons (Fsp3) is 0.533. The molecule has 20 heavy (non-hydrogen) atoms. The van der Waals surface area contributed by atoms with Crippen molar-refractivity contribution >= 4 is 17.5 Å². The van der Waals surface area contributed by atoms with E-state index < -0.39 is 0 Å². The number of nitrogens with two attached hydrogens (primary N) is 1. The highest BCUT2D eigenvalue weighted by Crippen LogP contribution is 2.39. The Kier molecular flexibility index (Phi) is 4.55. The Bertz CT molecular complexity index is 515. The fourth-order valence-corrected chi connectivity index (χ4v) is 2.52. The number of halogens is 1. The van der Waals surface area contributed by atoms with Crippen LogP contribution >= 0.6 is 11.6 Å². The van der Waals surface area contributed by atoms with Gasteiger partial charge in [-0.1, -0.05) is 25.4 Å². The molecule has 5 heteroatoms. The predicted molar refractivity (Wildman–Crippen MR) is 79.9 cm³/mol. The highest BCUT2D eigenvalue weighted by atomic mass is 35.5. The normalized spacial score (nSPS) is 19.2. The van der Waals surface area contributed by atoms with Gasteiger partial charge in [0.25, 0.3) is 0 Å². The van der Waals surface area contributed by atoms with Crippen LogP contribution in [0.15, 0.2) is 12.1 Å². The molecule has 1 aliphatic rings. The number of carbonyl (C=O) groups excluding carboxylic acids is 1. The number of fused-ring (bicyclic) bond motifs is 1. The van der Waals surface area contributed by atoms with Crippen LogP contribution < -0.4 is 15.8 Å². The summed E-state index contributed by atoms with van der Waals surface area (Å²) in [6.45, 7) is 6.21. The fourth-order valence-electron chi connectivity index (χ4n) is 2.23. The van der Waals surface area contributed by atoms with E-state index in [2.05, 4.69) is 5.32 Å². The molecule has 0 bridgehead atoms. The van der Waals surface area contributed by atoms with Crippen LogP contribution in [0.25, 0.3) is 0 Å². The Labute approximate surface area is 124 Å². The zero-order valence-electron chi connectivity index (χ0n) is 12.1. The van der Waals surface area contributed by atoms with Gasteiger partial charge in [0, 0.05) is 23.9 Å². The summed E-state index contributed by atoms with van der Waals surface area (Å²) in [5.74, 6) is 0.648. The molecule has 2 unspecified atom stereocenters. The van der Waals surface area contributed by atoms with Gasteiger partial charge in [0.1, 0.15) is 5.75 Å². The molecule has 2 atom stereocenters. The van der Waals surface area contributed by atoms with Crippen molar-refractivity contribution in [3.8, 4) is 5.75 Å². The maximum atomic E-state index is 11.9. The van der Waals surface area contributed by atoms with E-state index in [1.54, 1.807) is 0 Å². The van der Waals surface area contributed by atoms with Crippen molar-refractivity contribution in [2.75, 3.05) is 6.61 Å². The molecule has 4 nitrogen and oxygen atoms in total. The van der Waals surface area contributed by atoms with Gasteiger partial charge in [0.05, 0.1) is 17.7 Å². The van der Waals surface area contributed by atoms with E-state index in [0.717, 1.165) is 17.5 Å². The van der Waals surface area contributed by atoms with Crippen LogP contribution in [0.5, 0.6) is 5.75 Å². The molecule has 0 aliphatic carbocycles. The Morgan fingerprint density at radius 3 is 2.75 bits per heavy atom. The van der Waals surface area contributed by atoms with Crippen LogP contribution in [0.4, 0.5) is 0 Å². The molecule has 3 N–H and O–H groups in total. The molecule has 1 heterocycles. The van der Waals surface area contributed by atoms with E-state index in [1.807, 2.05) is 32.9 Å². The van der Waals surface area contributed by atoms with Gasteiger partial charge in [-0.15, -0.1) is 0 Å². The molecule has 1 aromatic carbocycles. The highest BCUT2D eigenvalue weighted by Gasteiger charge is 2.26. The number of rotatable bonds is 3. The summed E-state index contributed by atoms with van der Waals surface area (Å²) in [4.78, 5) is 11.9. The zero-order valence-corrected chi connectivity index (χ0v) is 12.8. The number of hydrogen-bond acceptors (Lipinski definition) is 3. The average molecular weight is 297 g/mol. The molecule has 0 saturated carbocycles. The number of hydrogen-bond donors (Lipinski definition) is 2. The van der Waals surface area contributed by atoms with Crippen LogP contribution in [-0.4, -0.2) is 12.5 Å². The first kappa shape index (κ1) is 15.1. The van der Waals surface area contributed by atoms with Crippen molar-refractivity contribution in [2.24, 2.45) is 11.7 Å². The number of amides is 1. The molecule has 0 radical (unpaired) electrons. The minimum absolute atomic E-state index is 0.0326. The first-order valence-corrected chi connectivity index (χ1v) is 7.30. The summed E-state index contributed by atoms with van der Waals surface area (Å²) >= 11 is 6.26. The lowest BCUT2D eigenvalue weighted by Gasteiger charge is -2.29. The third-order valence-corrected chi connectivity index (χ3v) is 3.77. The average Bonchev–Trinajstić information content (AvgIpc) is 2.39. The van der Waals surface area contributed by atoms with Gasteiger partial charge in [0.2, 0.25) is 5.91 Å². The molecule has 1 aromatic rings. The van der Waals surface area contributed by atoms with Gasteiger partial charge in [-0.3, -0.25) is 4.79 Å². The first-order valence-electron chi connectivity index (χ1n) is 6.92. The summed E-state index contributed by atoms with van der Waals surface area (Å²) in [7, 11) is 0. The Hall–Kier alpha value is -1.26. The minimum atomic E-state index is -0.110. The summed E-state index contributed by atoms with van der Waals surface area (Å²) in [5, 5.41) is 3.60. The van der Waals surface area contributed by atoms with Crippen LogP contribution in [0.1, 0.15) is 50.4 Å². The third kappa shape index (κ3) is 3.07. The van der Waals surface area contributed by atoms with E-state index in [1.165, 1.54) is 0 Å². The van der Waals surface area contributed by atoms with E-state index in [-0.39, 0.29) is 23.9 Å². The van der Waals surface area contributed by atoms with Crippen molar-refractivity contribution in [1.82, 2.24) is 5.32 Å². The molecule has 2 rings (SSSR count). The SMILES string of the molecule is CC(C)C(=O)NC1CCOc2c(Cl)cc(C(C)N)cc21. The molecule has 0 saturated heterocycles. The highest BCUT2D eigenvalue weighted by molar-refractivity contribution is 6.32. The van der Waals surface area contributed by atoms with Crippen molar-refractivity contribution in [3.63, 3.8) is 0 Å². The summed E-state index contributed by atoms with van der Waals surface area (Å²) < 4.78 is 5.64. The quantitative estimate of drug-likeness (QED) is 0.901. The van der Waals surface area contributed by atoms with Gasteiger partial charge < -0.3 is 15.8 Å². The standard InChI is InChI=1S/C15H21ClN2O2/c1-8(2)15(19)18-13-4-5-20-14-11(13)6-10(9(3)17)7-12(14)16/h6-9,13H,4-5,17H2,1-3H3,(H,18,19). The molecule has 0 spiro atoms. The minimum Gasteiger partial charge on any atom is -0.492 e. The topological polar surface area (TPSA) is 64.3 Å². The second-order valence-corrected chi connectivity index (χ2v) is 5.97. The second kappa shape index (κ2) is 6.02. The Morgan fingerprint density at radius 1 is 1.45 bits per heavy atom. The van der Waals surface area contributed by atoms with E-state index >= 15 is 0 Å². The smallest absolute Gasteiger partial charge is 0.223 e. The Morgan fingerprint density at radius 2 is 2.15 bits per heavy atom. The number of benzene rings is 1. The van der Waals surface area contributed by atoms with Crippen molar-refractivity contribution in [3.05, 3.63) is 28.3 Å². The third-order valence-electron chi connectivity index (χ3n) is 3.49. The lowest BCUT2D eigenvalue weighted by Crippen LogP contribution is -2.34. The summed E-state index contributed by atoms with van der Waals surface area (Å²) in [6, 6.07) is 3.64. The number of ether oxygens (including phenoxy) is 1. The molecule has 0 aromatic heterocycles. The Balaban J connectivity index is 2.36. The van der Waals surface area contributed by atoms with Crippen LogP contribution in [0, 0.1) is 5.92 Å². The molecule has 1 amide bonds. The number of carbonyl (C=O) groups is 1. The molecular weight excluding hydrogens is 276 g/mol. The van der Waals surface area contributed by atoms with Crippen LogP contribution in [0.2, 0.25) is 5.02 Å². The predicted octanol–water partition coefficient (Wildman–Crippen LogP) is 2.96. The molecule has 0 fully saturated rings. The van der Waals surface area contributed by atoms with Gasteiger partial charge >= 0.3 is 0 Å². The summed E-state index contributed by atoms with van der Waals surface area (Å²) in [5.41, 5.74) is 7.79. The maximum absolute atomic E-state index is 11.9. The van der Waals surface area contributed by atoms with Gasteiger partial charge in [-0.05, 0) is 24.6 Å². The van der Waals surface area contributed by atoms with E-state index in [0.29, 0.717) is 17.4 Å². The first-order chi connectivity index (χ1) is 9.40. The monoisotopic (exact) mass is 296 g/mol. The van der Waals surface area contributed by atoms with Crippen LogP contribution in [-0.2, 0) is 4.79 Å². The van der Waals surface area contributed by atoms with E-state index in [9.17, 15) is 4.79 Å². The van der Waals surface area contributed by atoms with Gasteiger partial charge in [-0.25, -0.2) is 0 Å². The molecule has 1 aliphatic heterocycles. The second-order valence-electron chi connectivity index (χ2n) is 5.56. The molecular formula is C15H21ClN2O2. The molecule has 110 valence electrons. The number of nitrogens with one attached hydrogen (secondary N) is 1. The van der Waals surface area contributed by atoms with E-state index in [4.69, 9.17) is 22.1 Å². The maximum Gasteiger partial charge on any atom is 0.223 e. The van der Waals surface area contributed by atoms with Crippen molar-refractivity contribution in [2.45, 2.75) is 39.3 Å². The lowest BCUT2D eigenvalue weighted by molar-refractivity contribution is -0.124. The zero-order chi connectivity index (χ0) is 14.9. The van der Waals surface area contributed by atoms with Gasteiger partial charge in [0.15, 0.2) is 0 Å². The van der Waals surface area contributed by atoms with Gasteiger partial charge in [-0.2, -0.15) is 0 Å². The lowest BCUT2D eigenvalue weighted by atomic mass is 9.95. The largest absolute Gasteiger partial charge is 0.492 e. The van der Waals surface area contributed by atoms with Crippen molar-refractivity contribution in [1.29, 1.82) is 0 Å². The van der Waals surface area contributed by atoms with Crippen LogP contribution in [0.3, 0.4) is 0 Å².